The van der Waals surface area contributed by atoms with Crippen molar-refractivity contribution in [1.82, 2.24) is 0 Å². The van der Waals surface area contributed by atoms with Gasteiger partial charge in [0.1, 0.15) is 0 Å². The standard InChI is InChI=1S/C15H14BrNO3S/c1-3-9-6-13(21-8(9)2)14(18)17-12-7-10(16)4-5-11(12)15(19)20/h4-7H,3H2,1-2H3,(H,17,18)(H,19,20). The minimum Gasteiger partial charge on any atom is -0.478 e. The molecule has 0 saturated carbocycles. The van der Waals surface area contributed by atoms with Gasteiger partial charge in [-0.3, -0.25) is 4.79 Å². The maximum absolute atomic E-state index is 12.3. The molecule has 2 aromatic rings. The van der Waals surface area contributed by atoms with Crippen LogP contribution in [0.4, 0.5) is 5.69 Å². The topological polar surface area (TPSA) is 66.4 Å². The Hall–Kier alpha value is -1.66. The van der Waals surface area contributed by atoms with Gasteiger partial charge in [-0.05, 0) is 43.2 Å². The van der Waals surface area contributed by atoms with Crippen molar-refractivity contribution in [1.29, 1.82) is 0 Å². The van der Waals surface area contributed by atoms with Crippen LogP contribution < -0.4 is 5.32 Å². The molecule has 1 aromatic carbocycles. The number of thiophene rings is 1. The molecule has 0 aliphatic rings. The summed E-state index contributed by atoms with van der Waals surface area (Å²) in [7, 11) is 0. The molecule has 4 nitrogen and oxygen atoms in total. The Morgan fingerprint density at radius 2 is 2.05 bits per heavy atom. The Bertz CT molecular complexity index is 709. The zero-order chi connectivity index (χ0) is 15.6. The van der Waals surface area contributed by atoms with Crippen LogP contribution in [0.25, 0.3) is 0 Å². The molecule has 21 heavy (non-hydrogen) atoms. The van der Waals surface area contributed by atoms with E-state index < -0.39 is 5.97 Å². The molecule has 1 amide bonds. The summed E-state index contributed by atoms with van der Waals surface area (Å²) in [4.78, 5) is 25.2. The molecule has 6 heteroatoms. The quantitative estimate of drug-likeness (QED) is 0.844. The van der Waals surface area contributed by atoms with E-state index in [1.807, 2.05) is 19.9 Å². The Morgan fingerprint density at radius 3 is 2.62 bits per heavy atom. The molecule has 0 fully saturated rings. The van der Waals surface area contributed by atoms with Crippen LogP contribution in [0.3, 0.4) is 0 Å². The lowest BCUT2D eigenvalue weighted by Gasteiger charge is -2.08. The van der Waals surface area contributed by atoms with E-state index in [0.717, 1.165) is 16.9 Å². The third-order valence-corrected chi connectivity index (χ3v) is 4.67. The minimum atomic E-state index is -1.07. The van der Waals surface area contributed by atoms with Gasteiger partial charge in [-0.25, -0.2) is 4.79 Å². The molecular formula is C15H14BrNO3S. The molecule has 1 heterocycles. The summed E-state index contributed by atoms with van der Waals surface area (Å²) in [5.74, 6) is -1.36. The van der Waals surface area contributed by atoms with Gasteiger partial charge in [0.2, 0.25) is 0 Å². The molecule has 0 aliphatic carbocycles. The highest BCUT2D eigenvalue weighted by Gasteiger charge is 2.16. The number of nitrogens with one attached hydrogen (secondary N) is 1. The Balaban J connectivity index is 2.30. The van der Waals surface area contributed by atoms with E-state index in [4.69, 9.17) is 5.11 Å². The molecule has 0 spiro atoms. The molecule has 2 rings (SSSR count). The number of carbonyl (C=O) groups excluding carboxylic acids is 1. The number of aromatic carboxylic acids is 1. The van der Waals surface area contributed by atoms with Crippen molar-refractivity contribution in [2.75, 3.05) is 5.32 Å². The third-order valence-electron chi connectivity index (χ3n) is 3.09. The van der Waals surface area contributed by atoms with Crippen LogP contribution in [-0.4, -0.2) is 17.0 Å². The second-order valence-electron chi connectivity index (χ2n) is 4.49. The highest BCUT2D eigenvalue weighted by atomic mass is 79.9. The minimum absolute atomic E-state index is 0.0653. The van der Waals surface area contributed by atoms with Crippen LogP contribution in [-0.2, 0) is 6.42 Å². The van der Waals surface area contributed by atoms with Crippen molar-refractivity contribution in [3.63, 3.8) is 0 Å². The molecule has 1 aromatic heterocycles. The summed E-state index contributed by atoms with van der Waals surface area (Å²) < 4.78 is 0.708. The Kier molecular flexibility index (Phi) is 4.80. The van der Waals surface area contributed by atoms with Crippen LogP contribution in [0.2, 0.25) is 0 Å². The number of carboxylic acids is 1. The monoisotopic (exact) mass is 367 g/mol. The summed E-state index contributed by atoms with van der Waals surface area (Å²) in [6, 6.07) is 6.53. The van der Waals surface area contributed by atoms with Crippen LogP contribution in [0.15, 0.2) is 28.7 Å². The van der Waals surface area contributed by atoms with E-state index in [2.05, 4.69) is 21.2 Å². The Morgan fingerprint density at radius 1 is 1.33 bits per heavy atom. The fourth-order valence-electron chi connectivity index (χ4n) is 1.97. The van der Waals surface area contributed by atoms with E-state index in [1.165, 1.54) is 17.4 Å². The normalized spacial score (nSPS) is 10.4. The largest absolute Gasteiger partial charge is 0.478 e. The zero-order valence-electron chi connectivity index (χ0n) is 11.6. The van der Waals surface area contributed by atoms with Gasteiger partial charge in [0.15, 0.2) is 0 Å². The van der Waals surface area contributed by atoms with Gasteiger partial charge in [0.25, 0.3) is 5.91 Å². The highest BCUT2D eigenvalue weighted by Crippen LogP contribution is 2.25. The van der Waals surface area contributed by atoms with Crippen LogP contribution >= 0.6 is 27.3 Å². The zero-order valence-corrected chi connectivity index (χ0v) is 14.0. The average Bonchev–Trinajstić information content (AvgIpc) is 2.79. The fraction of sp³-hybridized carbons (Fsp3) is 0.200. The van der Waals surface area contributed by atoms with Gasteiger partial charge in [0.05, 0.1) is 16.1 Å². The molecule has 110 valence electrons. The predicted molar refractivity (Wildman–Crippen MR) is 87.5 cm³/mol. The van der Waals surface area contributed by atoms with Crippen molar-refractivity contribution in [2.45, 2.75) is 20.3 Å². The van der Waals surface area contributed by atoms with Gasteiger partial charge in [-0.1, -0.05) is 22.9 Å². The van der Waals surface area contributed by atoms with Crippen molar-refractivity contribution in [3.05, 3.63) is 49.6 Å². The number of benzene rings is 1. The van der Waals surface area contributed by atoms with E-state index in [0.29, 0.717) is 9.35 Å². The van der Waals surface area contributed by atoms with Crippen molar-refractivity contribution < 1.29 is 14.7 Å². The number of hydrogen-bond acceptors (Lipinski definition) is 3. The first-order valence-corrected chi connectivity index (χ1v) is 7.96. The highest BCUT2D eigenvalue weighted by molar-refractivity contribution is 9.10. The molecule has 0 unspecified atom stereocenters. The summed E-state index contributed by atoms with van der Waals surface area (Å²) >= 11 is 4.69. The third kappa shape index (κ3) is 3.51. The number of halogens is 1. The number of anilines is 1. The Labute approximate surface area is 134 Å². The summed E-state index contributed by atoms with van der Waals surface area (Å²) in [6.07, 6.45) is 0.868. The van der Waals surface area contributed by atoms with Gasteiger partial charge in [-0.15, -0.1) is 11.3 Å². The van der Waals surface area contributed by atoms with E-state index in [9.17, 15) is 9.59 Å². The van der Waals surface area contributed by atoms with E-state index in [1.54, 1.807) is 12.1 Å². The maximum atomic E-state index is 12.3. The second-order valence-corrected chi connectivity index (χ2v) is 6.67. The number of carboxylic acid groups (broad SMARTS) is 1. The molecule has 0 saturated heterocycles. The summed E-state index contributed by atoms with van der Waals surface area (Å²) in [5, 5.41) is 11.8. The molecule has 0 radical (unpaired) electrons. The van der Waals surface area contributed by atoms with Crippen LogP contribution in [0.1, 0.15) is 37.4 Å². The van der Waals surface area contributed by atoms with E-state index in [-0.39, 0.29) is 17.2 Å². The van der Waals surface area contributed by atoms with Crippen molar-refractivity contribution in [3.8, 4) is 0 Å². The molecule has 0 aliphatic heterocycles. The first-order valence-electron chi connectivity index (χ1n) is 6.36. The number of rotatable bonds is 4. The van der Waals surface area contributed by atoms with Gasteiger partial charge in [-0.2, -0.15) is 0 Å². The fourth-order valence-corrected chi connectivity index (χ4v) is 3.34. The van der Waals surface area contributed by atoms with Crippen LogP contribution in [0.5, 0.6) is 0 Å². The number of hydrogen-bond donors (Lipinski definition) is 2. The number of amides is 1. The summed E-state index contributed by atoms with van der Waals surface area (Å²) in [5.41, 5.74) is 1.49. The van der Waals surface area contributed by atoms with Gasteiger partial charge >= 0.3 is 5.97 Å². The molecular weight excluding hydrogens is 354 g/mol. The predicted octanol–water partition coefficient (Wildman–Crippen LogP) is 4.33. The van der Waals surface area contributed by atoms with Crippen molar-refractivity contribution >= 4 is 44.8 Å². The van der Waals surface area contributed by atoms with Gasteiger partial charge in [0, 0.05) is 9.35 Å². The molecule has 0 atom stereocenters. The lowest BCUT2D eigenvalue weighted by atomic mass is 10.1. The first kappa shape index (κ1) is 15.7. The van der Waals surface area contributed by atoms with E-state index >= 15 is 0 Å². The smallest absolute Gasteiger partial charge is 0.337 e. The average molecular weight is 368 g/mol. The molecule has 0 bridgehead atoms. The maximum Gasteiger partial charge on any atom is 0.337 e. The number of aryl methyl sites for hydroxylation is 2. The van der Waals surface area contributed by atoms with Gasteiger partial charge < -0.3 is 10.4 Å². The van der Waals surface area contributed by atoms with Crippen LogP contribution in [0, 0.1) is 6.92 Å². The second kappa shape index (κ2) is 6.41. The summed E-state index contributed by atoms with van der Waals surface area (Å²) in [6.45, 7) is 4.01. The SMILES string of the molecule is CCc1cc(C(=O)Nc2cc(Br)ccc2C(=O)O)sc1C. The van der Waals surface area contributed by atoms with Crippen molar-refractivity contribution in [2.24, 2.45) is 0 Å². The number of carbonyl (C=O) groups is 2. The lowest BCUT2D eigenvalue weighted by Crippen LogP contribution is -2.13. The lowest BCUT2D eigenvalue weighted by molar-refractivity contribution is 0.0698. The first-order chi connectivity index (χ1) is 9.92. The molecule has 2 N–H and O–H groups in total.